The van der Waals surface area contributed by atoms with Gasteiger partial charge in [0.05, 0.1) is 0 Å². The Morgan fingerprint density at radius 1 is 0.686 bits per heavy atom. The van der Waals surface area contributed by atoms with Crippen LogP contribution in [0.1, 0.15) is 89.5 Å². The number of hydrogen-bond donors (Lipinski definition) is 1. The number of rotatable bonds is 17. The molecule has 3 rings (SSSR count). The molecular weight excluding hydrogens is 451 g/mol. The van der Waals surface area contributed by atoms with E-state index in [0.717, 1.165) is 23.8 Å². The van der Waals surface area contributed by atoms with Crippen LogP contribution >= 0.6 is 11.8 Å². The maximum atomic E-state index is 13.5. The molecule has 0 unspecified atom stereocenters. The molecule has 3 heteroatoms. The molecule has 0 amide bonds. The highest BCUT2D eigenvalue weighted by atomic mass is 32.2. The van der Waals surface area contributed by atoms with E-state index >= 15 is 0 Å². The molecule has 0 saturated carbocycles. The van der Waals surface area contributed by atoms with Gasteiger partial charge < -0.3 is 5.11 Å². The number of phenols is 1. The van der Waals surface area contributed by atoms with Crippen molar-refractivity contribution < 1.29 is 9.50 Å². The topological polar surface area (TPSA) is 20.2 Å². The van der Waals surface area contributed by atoms with E-state index < -0.39 is 0 Å². The molecule has 0 radical (unpaired) electrons. The summed E-state index contributed by atoms with van der Waals surface area (Å²) in [4.78, 5) is 0. The monoisotopic (exact) mass is 494 g/mol. The van der Waals surface area contributed by atoms with Crippen molar-refractivity contribution in [3.63, 3.8) is 0 Å². The molecule has 0 aliphatic heterocycles. The van der Waals surface area contributed by atoms with Crippen molar-refractivity contribution in [1.29, 1.82) is 0 Å². The summed E-state index contributed by atoms with van der Waals surface area (Å²) in [6.07, 6.45) is 17.0. The van der Waals surface area contributed by atoms with Crippen LogP contribution in [-0.4, -0.2) is 16.6 Å². The Bertz CT molecular complexity index is 998. The average Bonchev–Trinajstić information content (AvgIpc) is 2.86. The van der Waals surface area contributed by atoms with Crippen LogP contribution in [0.4, 0.5) is 4.39 Å². The zero-order valence-corrected chi connectivity index (χ0v) is 22.4. The number of phenolic OH excluding ortho intramolecular Hbond substituents is 1. The normalized spacial score (nSPS) is 11.4. The lowest BCUT2D eigenvalue weighted by molar-refractivity contribution is 0.476. The molecule has 1 N–H and O–H groups in total. The summed E-state index contributed by atoms with van der Waals surface area (Å²) in [5, 5.41) is 12.2. The lowest BCUT2D eigenvalue weighted by Crippen LogP contribution is -1.94. The Kier molecular flexibility index (Phi) is 12.5. The third kappa shape index (κ3) is 9.52. The first-order valence-electron chi connectivity index (χ1n) is 13.8. The van der Waals surface area contributed by atoms with Gasteiger partial charge in [-0.1, -0.05) is 95.0 Å². The Labute approximate surface area is 216 Å². The van der Waals surface area contributed by atoms with Gasteiger partial charge in [0.1, 0.15) is 11.6 Å². The molecule has 0 aromatic heterocycles. The van der Waals surface area contributed by atoms with Crippen molar-refractivity contribution in [1.82, 2.24) is 0 Å². The smallest absolute Gasteiger partial charge is 0.123 e. The molecule has 35 heavy (non-hydrogen) atoms. The number of halogens is 1. The highest BCUT2D eigenvalue weighted by molar-refractivity contribution is 7.99. The molecule has 3 aromatic rings. The summed E-state index contributed by atoms with van der Waals surface area (Å²) in [6, 6.07) is 16.6. The van der Waals surface area contributed by atoms with Crippen LogP contribution in [-0.2, 0) is 6.42 Å². The minimum absolute atomic E-state index is 0.206. The number of fused-ring (bicyclic) bond motifs is 1. The maximum absolute atomic E-state index is 13.5. The first kappa shape index (κ1) is 27.6. The molecule has 0 atom stereocenters. The predicted octanol–water partition coefficient (Wildman–Crippen LogP) is 10.3. The Morgan fingerprint density at radius 2 is 1.31 bits per heavy atom. The largest absolute Gasteiger partial charge is 0.508 e. The van der Waals surface area contributed by atoms with Gasteiger partial charge >= 0.3 is 0 Å². The van der Waals surface area contributed by atoms with Crippen molar-refractivity contribution >= 4 is 22.5 Å². The van der Waals surface area contributed by atoms with Crippen molar-refractivity contribution in [3.8, 4) is 16.9 Å². The van der Waals surface area contributed by atoms with Crippen LogP contribution in [0.5, 0.6) is 5.75 Å². The number of aromatic hydroxyl groups is 1. The van der Waals surface area contributed by atoms with E-state index in [2.05, 4.69) is 30.8 Å². The molecule has 0 aliphatic carbocycles. The predicted molar refractivity (Wildman–Crippen MR) is 153 cm³/mol. The second-order valence-electron chi connectivity index (χ2n) is 9.76. The van der Waals surface area contributed by atoms with Crippen molar-refractivity contribution in [3.05, 3.63) is 66.0 Å². The summed E-state index contributed by atoms with van der Waals surface area (Å²) >= 11 is 2.15. The molecule has 0 aliphatic rings. The van der Waals surface area contributed by atoms with Gasteiger partial charge in [-0.3, -0.25) is 0 Å². The summed E-state index contributed by atoms with van der Waals surface area (Å²) in [5.41, 5.74) is 3.53. The fraction of sp³-hybridized carbons (Fsp3) is 0.500. The average molecular weight is 495 g/mol. The lowest BCUT2D eigenvalue weighted by atomic mass is 9.90. The van der Waals surface area contributed by atoms with E-state index in [1.165, 1.54) is 111 Å². The van der Waals surface area contributed by atoms with Crippen molar-refractivity contribution in [2.75, 3.05) is 11.5 Å². The summed E-state index contributed by atoms with van der Waals surface area (Å²) in [6.45, 7) is 2.27. The van der Waals surface area contributed by atoms with E-state index in [1.807, 2.05) is 24.3 Å². The number of aryl methyl sites for hydroxylation is 1. The number of hydrogen-bond acceptors (Lipinski definition) is 2. The van der Waals surface area contributed by atoms with Crippen LogP contribution in [0.3, 0.4) is 0 Å². The lowest BCUT2D eigenvalue weighted by Gasteiger charge is -2.14. The first-order chi connectivity index (χ1) is 17.2. The van der Waals surface area contributed by atoms with Gasteiger partial charge in [-0.25, -0.2) is 4.39 Å². The van der Waals surface area contributed by atoms with Gasteiger partial charge in [0.15, 0.2) is 0 Å². The summed E-state index contributed by atoms with van der Waals surface area (Å²) < 4.78 is 13.5. The molecular formula is C32H43FOS. The fourth-order valence-corrected chi connectivity index (χ4v) is 5.87. The van der Waals surface area contributed by atoms with Gasteiger partial charge in [-0.05, 0) is 88.9 Å². The highest BCUT2D eigenvalue weighted by Crippen LogP contribution is 2.33. The minimum atomic E-state index is -0.206. The zero-order valence-electron chi connectivity index (χ0n) is 21.5. The van der Waals surface area contributed by atoms with E-state index in [4.69, 9.17) is 0 Å². The SMILES string of the molecule is CCCCCCSCCCCCCCCCCc1c(-c2ccc(F)cc2)ccc2cc(O)ccc12. The fourth-order valence-electron chi connectivity index (χ4n) is 4.85. The Morgan fingerprint density at radius 3 is 2.00 bits per heavy atom. The first-order valence-corrected chi connectivity index (χ1v) is 14.9. The van der Waals surface area contributed by atoms with Gasteiger partial charge in [0.2, 0.25) is 0 Å². The second kappa shape index (κ2) is 15.9. The van der Waals surface area contributed by atoms with E-state index in [9.17, 15) is 9.50 Å². The number of thioether (sulfide) groups is 1. The third-order valence-corrected chi connectivity index (χ3v) is 8.03. The second-order valence-corrected chi connectivity index (χ2v) is 11.0. The standard InChI is InChI=1S/C32H43FOS/c1-2-3-4-12-23-35-24-13-10-8-6-5-7-9-11-14-32-30(26-15-18-28(33)19-16-26)21-17-27-25-29(34)20-22-31(27)32/h15-22,25,34H,2-14,23-24H2,1H3. The van der Waals surface area contributed by atoms with Crippen molar-refractivity contribution in [2.45, 2.75) is 90.4 Å². The molecule has 0 fully saturated rings. The molecule has 0 heterocycles. The van der Waals surface area contributed by atoms with E-state index in [0.29, 0.717) is 5.75 Å². The van der Waals surface area contributed by atoms with Gasteiger partial charge in [0.25, 0.3) is 0 Å². The molecule has 0 bridgehead atoms. The van der Waals surface area contributed by atoms with Crippen LogP contribution < -0.4 is 0 Å². The maximum Gasteiger partial charge on any atom is 0.123 e. The summed E-state index contributed by atoms with van der Waals surface area (Å²) in [7, 11) is 0. The van der Waals surface area contributed by atoms with E-state index in [-0.39, 0.29) is 5.82 Å². The molecule has 0 saturated heterocycles. The van der Waals surface area contributed by atoms with Crippen LogP contribution in [0.25, 0.3) is 21.9 Å². The third-order valence-electron chi connectivity index (χ3n) is 6.88. The van der Waals surface area contributed by atoms with Crippen molar-refractivity contribution in [2.24, 2.45) is 0 Å². The highest BCUT2D eigenvalue weighted by Gasteiger charge is 2.11. The zero-order chi connectivity index (χ0) is 24.7. The Balaban J connectivity index is 1.39. The van der Waals surface area contributed by atoms with Gasteiger partial charge in [-0.2, -0.15) is 11.8 Å². The number of benzene rings is 3. The van der Waals surface area contributed by atoms with E-state index in [1.54, 1.807) is 6.07 Å². The van der Waals surface area contributed by atoms with Gasteiger partial charge in [-0.15, -0.1) is 0 Å². The van der Waals surface area contributed by atoms with Gasteiger partial charge in [0, 0.05) is 0 Å². The molecule has 0 spiro atoms. The molecule has 3 aromatic carbocycles. The Hall–Kier alpha value is -2.00. The molecule has 1 nitrogen and oxygen atoms in total. The van der Waals surface area contributed by atoms with Crippen LogP contribution in [0.2, 0.25) is 0 Å². The summed E-state index contributed by atoms with van der Waals surface area (Å²) in [5.74, 6) is 2.78. The quantitative estimate of drug-likeness (QED) is 0.188. The minimum Gasteiger partial charge on any atom is -0.508 e. The molecule has 190 valence electrons. The van der Waals surface area contributed by atoms with Crippen LogP contribution in [0, 0.1) is 5.82 Å². The number of unbranched alkanes of at least 4 members (excludes halogenated alkanes) is 10. The van der Waals surface area contributed by atoms with Crippen LogP contribution in [0.15, 0.2) is 54.6 Å².